The van der Waals surface area contributed by atoms with Crippen molar-refractivity contribution in [2.45, 2.75) is 31.8 Å². The first-order chi connectivity index (χ1) is 15.0. The number of carboxylic acids is 1. The molecule has 4 rings (SSSR count). The lowest BCUT2D eigenvalue weighted by molar-refractivity contribution is -0.141. The lowest BCUT2D eigenvalue weighted by atomic mass is 9.98. The first kappa shape index (κ1) is 20.7. The highest BCUT2D eigenvalue weighted by Crippen LogP contribution is 2.39. The van der Waals surface area contributed by atoms with Gasteiger partial charge in [-0.3, -0.25) is 4.79 Å². The lowest BCUT2D eigenvalue weighted by Crippen LogP contribution is -2.42. The van der Waals surface area contributed by atoms with Crippen molar-refractivity contribution in [3.8, 4) is 16.9 Å². The Morgan fingerprint density at radius 1 is 0.968 bits per heavy atom. The molecule has 3 aromatic rings. The second kappa shape index (κ2) is 8.64. The number of amides is 1. The van der Waals surface area contributed by atoms with Gasteiger partial charge in [0, 0.05) is 11.1 Å². The van der Waals surface area contributed by atoms with Crippen molar-refractivity contribution in [1.29, 1.82) is 0 Å². The molecule has 1 saturated heterocycles. The Labute approximate surface area is 181 Å². The van der Waals surface area contributed by atoms with Gasteiger partial charge in [0.25, 0.3) is 5.91 Å². The summed E-state index contributed by atoms with van der Waals surface area (Å²) in [6.45, 7) is 1.99. The summed E-state index contributed by atoms with van der Waals surface area (Å²) in [5, 5.41) is 9.79. The van der Waals surface area contributed by atoms with Gasteiger partial charge in [0.15, 0.2) is 0 Å². The Morgan fingerprint density at radius 2 is 1.68 bits per heavy atom. The van der Waals surface area contributed by atoms with Crippen LogP contribution >= 0.6 is 0 Å². The number of likely N-dealkylation sites (tertiary alicyclic amines) is 1. The number of ether oxygens (including phenoxy) is 1. The number of hydrogen-bond acceptors (Lipinski definition) is 3. The van der Waals surface area contributed by atoms with Crippen molar-refractivity contribution in [3.05, 3.63) is 89.5 Å². The number of aliphatic carboxylic acids is 1. The monoisotopic (exact) mass is 415 g/mol. The number of hydrogen-bond donors (Lipinski definition) is 1. The number of aryl methyl sites for hydroxylation is 1. The van der Waals surface area contributed by atoms with E-state index in [1.165, 1.54) is 4.90 Å². The van der Waals surface area contributed by atoms with E-state index in [2.05, 4.69) is 0 Å². The molecule has 1 aliphatic rings. The Kier molecular flexibility index (Phi) is 5.76. The SMILES string of the molecule is COc1cc(C(=O)N2[C@@H](c3ccccc3C)CC[C@H]2C(=O)O)ccc1-c1ccccc1. The zero-order chi connectivity index (χ0) is 22.0. The van der Waals surface area contributed by atoms with E-state index in [9.17, 15) is 14.7 Å². The van der Waals surface area contributed by atoms with E-state index in [0.717, 1.165) is 22.3 Å². The van der Waals surface area contributed by atoms with Crippen LogP contribution in [-0.2, 0) is 4.79 Å². The largest absolute Gasteiger partial charge is 0.496 e. The molecule has 0 unspecified atom stereocenters. The molecule has 0 aliphatic carbocycles. The standard InChI is InChI=1S/C26H25NO4/c1-17-8-6-7-11-20(17)22-14-15-23(26(29)30)27(22)25(28)19-12-13-21(24(16-19)31-2)18-9-4-3-5-10-18/h3-13,16,22-23H,14-15H2,1-2H3,(H,29,30)/t22-,23+/m1/s1. The second-order valence-corrected chi connectivity index (χ2v) is 7.80. The van der Waals surface area contributed by atoms with Crippen LogP contribution in [0.1, 0.15) is 40.4 Å². The lowest BCUT2D eigenvalue weighted by Gasteiger charge is -2.30. The van der Waals surface area contributed by atoms with Crippen LogP contribution in [0.2, 0.25) is 0 Å². The maximum absolute atomic E-state index is 13.6. The van der Waals surface area contributed by atoms with Gasteiger partial charge in [-0.25, -0.2) is 4.79 Å². The zero-order valence-corrected chi connectivity index (χ0v) is 17.6. The van der Waals surface area contributed by atoms with Crippen LogP contribution in [0.4, 0.5) is 0 Å². The van der Waals surface area contributed by atoms with Crippen molar-refractivity contribution in [3.63, 3.8) is 0 Å². The molecule has 158 valence electrons. The van der Waals surface area contributed by atoms with E-state index < -0.39 is 12.0 Å². The van der Waals surface area contributed by atoms with Crippen LogP contribution in [0.3, 0.4) is 0 Å². The summed E-state index contributed by atoms with van der Waals surface area (Å²) >= 11 is 0. The van der Waals surface area contributed by atoms with Crippen LogP contribution < -0.4 is 4.74 Å². The quantitative estimate of drug-likeness (QED) is 0.629. The molecule has 0 aromatic heterocycles. The van der Waals surface area contributed by atoms with Crippen LogP contribution in [-0.4, -0.2) is 35.0 Å². The Hall–Kier alpha value is -3.60. The fourth-order valence-electron chi connectivity index (χ4n) is 4.43. The molecule has 0 radical (unpaired) electrons. The molecule has 1 fully saturated rings. The Balaban J connectivity index is 1.73. The highest BCUT2D eigenvalue weighted by molar-refractivity contribution is 5.98. The normalized spacial score (nSPS) is 18.1. The smallest absolute Gasteiger partial charge is 0.326 e. The Morgan fingerprint density at radius 3 is 2.35 bits per heavy atom. The van der Waals surface area contributed by atoms with Crippen molar-refractivity contribution in [1.82, 2.24) is 4.90 Å². The van der Waals surface area contributed by atoms with Gasteiger partial charge in [-0.1, -0.05) is 54.6 Å². The summed E-state index contributed by atoms with van der Waals surface area (Å²) in [4.78, 5) is 27.1. The van der Waals surface area contributed by atoms with Gasteiger partial charge in [-0.05, 0) is 54.7 Å². The molecule has 1 heterocycles. The molecule has 1 amide bonds. The number of nitrogens with zero attached hydrogens (tertiary/aromatic N) is 1. The minimum Gasteiger partial charge on any atom is -0.496 e. The molecule has 31 heavy (non-hydrogen) atoms. The molecule has 1 aliphatic heterocycles. The summed E-state index contributed by atoms with van der Waals surface area (Å²) in [5.41, 5.74) is 4.33. The average Bonchev–Trinajstić information content (AvgIpc) is 3.24. The van der Waals surface area contributed by atoms with Crippen LogP contribution in [0.25, 0.3) is 11.1 Å². The highest BCUT2D eigenvalue weighted by Gasteiger charge is 2.42. The average molecular weight is 415 g/mol. The maximum Gasteiger partial charge on any atom is 0.326 e. The van der Waals surface area contributed by atoms with Crippen molar-refractivity contribution in [2.75, 3.05) is 7.11 Å². The number of carboxylic acid groups (broad SMARTS) is 1. The predicted molar refractivity (Wildman–Crippen MR) is 119 cm³/mol. The Bertz CT molecular complexity index is 1110. The summed E-state index contributed by atoms with van der Waals surface area (Å²) in [6.07, 6.45) is 1.05. The first-order valence-corrected chi connectivity index (χ1v) is 10.4. The number of rotatable bonds is 5. The third kappa shape index (κ3) is 3.91. The van der Waals surface area contributed by atoms with E-state index >= 15 is 0 Å². The van der Waals surface area contributed by atoms with Gasteiger partial charge in [0.05, 0.1) is 13.2 Å². The number of methoxy groups -OCH3 is 1. The molecule has 5 heteroatoms. The fraction of sp³-hybridized carbons (Fsp3) is 0.231. The van der Waals surface area contributed by atoms with Crippen LogP contribution in [0.15, 0.2) is 72.8 Å². The van der Waals surface area contributed by atoms with E-state index in [-0.39, 0.29) is 11.9 Å². The molecular formula is C26H25NO4. The third-order valence-corrected chi connectivity index (χ3v) is 5.99. The molecule has 0 saturated carbocycles. The minimum absolute atomic E-state index is 0.269. The van der Waals surface area contributed by atoms with Crippen LogP contribution in [0.5, 0.6) is 5.75 Å². The van der Waals surface area contributed by atoms with Gasteiger partial charge in [0.1, 0.15) is 11.8 Å². The topological polar surface area (TPSA) is 66.8 Å². The zero-order valence-electron chi connectivity index (χ0n) is 17.6. The molecule has 2 atom stereocenters. The highest BCUT2D eigenvalue weighted by atomic mass is 16.5. The molecule has 0 bridgehead atoms. The molecule has 5 nitrogen and oxygen atoms in total. The van der Waals surface area contributed by atoms with E-state index in [1.54, 1.807) is 19.2 Å². The summed E-state index contributed by atoms with van der Waals surface area (Å²) in [5.74, 6) is -0.691. The summed E-state index contributed by atoms with van der Waals surface area (Å²) < 4.78 is 5.57. The van der Waals surface area contributed by atoms with Gasteiger partial charge in [-0.15, -0.1) is 0 Å². The molecular weight excluding hydrogens is 390 g/mol. The van der Waals surface area contributed by atoms with Crippen molar-refractivity contribution in [2.24, 2.45) is 0 Å². The van der Waals surface area contributed by atoms with Crippen molar-refractivity contribution < 1.29 is 19.4 Å². The maximum atomic E-state index is 13.6. The predicted octanol–water partition coefficient (Wildman–Crippen LogP) is 5.10. The van der Waals surface area contributed by atoms with Crippen LogP contribution in [0, 0.1) is 6.92 Å². The van der Waals surface area contributed by atoms with Gasteiger partial charge in [-0.2, -0.15) is 0 Å². The molecule has 3 aromatic carbocycles. The van der Waals surface area contributed by atoms with Gasteiger partial charge in [0.2, 0.25) is 0 Å². The summed E-state index contributed by atoms with van der Waals surface area (Å²) in [7, 11) is 1.57. The third-order valence-electron chi connectivity index (χ3n) is 5.99. The number of carbonyl (C=O) groups is 2. The molecule has 1 N–H and O–H groups in total. The van der Waals surface area contributed by atoms with E-state index in [1.807, 2.05) is 67.6 Å². The first-order valence-electron chi connectivity index (χ1n) is 10.4. The van der Waals surface area contributed by atoms with E-state index in [0.29, 0.717) is 24.2 Å². The second-order valence-electron chi connectivity index (χ2n) is 7.80. The molecule has 0 spiro atoms. The fourth-order valence-corrected chi connectivity index (χ4v) is 4.43. The van der Waals surface area contributed by atoms with Crippen molar-refractivity contribution >= 4 is 11.9 Å². The van der Waals surface area contributed by atoms with Gasteiger partial charge >= 0.3 is 5.97 Å². The van der Waals surface area contributed by atoms with Gasteiger partial charge < -0.3 is 14.7 Å². The number of carbonyl (C=O) groups excluding carboxylic acids is 1. The minimum atomic E-state index is -0.975. The van der Waals surface area contributed by atoms with E-state index in [4.69, 9.17) is 4.74 Å². The summed E-state index contributed by atoms with van der Waals surface area (Å²) in [6, 6.07) is 21.8. The number of benzene rings is 3.